The maximum atomic E-state index is 11.3. The summed E-state index contributed by atoms with van der Waals surface area (Å²) in [5, 5.41) is 14.2. The van der Waals surface area contributed by atoms with Gasteiger partial charge in [-0.25, -0.2) is 0 Å². The van der Waals surface area contributed by atoms with Gasteiger partial charge in [0.15, 0.2) is 5.82 Å². The smallest absolute Gasteiger partial charge is 0.248 e. The van der Waals surface area contributed by atoms with E-state index in [1.807, 2.05) is 67.6 Å². The van der Waals surface area contributed by atoms with E-state index < -0.39 is 5.91 Å². The summed E-state index contributed by atoms with van der Waals surface area (Å²) in [4.78, 5) is 11.3. The van der Waals surface area contributed by atoms with E-state index in [9.17, 15) is 4.79 Å². The number of nitrogens with zero attached hydrogens (tertiary/aromatic N) is 2. The molecule has 0 aliphatic heterocycles. The van der Waals surface area contributed by atoms with Crippen molar-refractivity contribution >= 4 is 28.2 Å². The van der Waals surface area contributed by atoms with E-state index in [1.165, 1.54) is 0 Å². The third kappa shape index (κ3) is 3.22. The molecule has 0 unspecified atom stereocenters. The van der Waals surface area contributed by atoms with Crippen LogP contribution in [0.1, 0.15) is 15.9 Å². The van der Waals surface area contributed by atoms with Gasteiger partial charge in [-0.3, -0.25) is 4.79 Å². The number of aryl methyl sites for hydroxylation is 1. The van der Waals surface area contributed by atoms with Gasteiger partial charge in [-0.2, -0.15) is 0 Å². The number of amides is 1. The zero-order valence-corrected chi connectivity index (χ0v) is 14.8. The molecule has 3 aromatic carbocycles. The predicted octanol–water partition coefficient (Wildman–Crippen LogP) is 4.45. The lowest BCUT2D eigenvalue weighted by Gasteiger charge is -2.12. The molecule has 0 bridgehead atoms. The molecule has 1 heterocycles. The summed E-state index contributed by atoms with van der Waals surface area (Å²) < 4.78 is 0. The van der Waals surface area contributed by atoms with Crippen LogP contribution in [0.25, 0.3) is 22.0 Å². The van der Waals surface area contributed by atoms with Gasteiger partial charge in [0, 0.05) is 27.6 Å². The van der Waals surface area contributed by atoms with Crippen molar-refractivity contribution < 1.29 is 4.79 Å². The second-order valence-electron chi connectivity index (χ2n) is 6.32. The van der Waals surface area contributed by atoms with Gasteiger partial charge >= 0.3 is 0 Å². The van der Waals surface area contributed by atoms with Crippen LogP contribution in [0.15, 0.2) is 72.8 Å². The van der Waals surface area contributed by atoms with Crippen LogP contribution in [-0.2, 0) is 0 Å². The molecular weight excluding hydrogens is 336 g/mol. The fourth-order valence-corrected chi connectivity index (χ4v) is 3.04. The monoisotopic (exact) mass is 354 g/mol. The first-order chi connectivity index (χ1) is 13.1. The normalized spacial score (nSPS) is 10.7. The number of carbonyl (C=O) groups is 1. The zero-order valence-electron chi connectivity index (χ0n) is 14.8. The third-order valence-corrected chi connectivity index (χ3v) is 4.53. The first-order valence-corrected chi connectivity index (χ1v) is 8.62. The van der Waals surface area contributed by atoms with E-state index in [0.717, 1.165) is 33.3 Å². The fraction of sp³-hybridized carbons (Fsp3) is 0.0455. The number of rotatable bonds is 4. The fourth-order valence-electron chi connectivity index (χ4n) is 3.04. The van der Waals surface area contributed by atoms with E-state index in [-0.39, 0.29) is 0 Å². The van der Waals surface area contributed by atoms with Crippen molar-refractivity contribution in [2.24, 2.45) is 5.73 Å². The van der Waals surface area contributed by atoms with Crippen molar-refractivity contribution in [3.63, 3.8) is 0 Å². The van der Waals surface area contributed by atoms with E-state index in [4.69, 9.17) is 5.73 Å². The van der Waals surface area contributed by atoms with E-state index >= 15 is 0 Å². The molecule has 0 atom stereocenters. The van der Waals surface area contributed by atoms with Gasteiger partial charge in [0.05, 0.1) is 0 Å². The molecule has 0 aliphatic rings. The summed E-state index contributed by atoms with van der Waals surface area (Å²) in [7, 11) is 0. The van der Waals surface area contributed by atoms with Crippen LogP contribution in [-0.4, -0.2) is 16.1 Å². The van der Waals surface area contributed by atoms with Crippen LogP contribution < -0.4 is 11.1 Å². The Kier molecular flexibility index (Phi) is 4.26. The van der Waals surface area contributed by atoms with Gasteiger partial charge in [-0.05, 0) is 30.7 Å². The molecule has 0 fully saturated rings. The number of carbonyl (C=O) groups excluding carboxylic acids is 1. The second-order valence-corrected chi connectivity index (χ2v) is 6.32. The molecule has 4 aromatic rings. The average molecular weight is 354 g/mol. The summed E-state index contributed by atoms with van der Waals surface area (Å²) in [6.07, 6.45) is 0. The SMILES string of the molecule is Cc1ccccc1Nc1nnc(-c2ccc(C(N)=O)cc2)c2ccccc12. The maximum Gasteiger partial charge on any atom is 0.248 e. The van der Waals surface area contributed by atoms with Crippen LogP contribution in [0.3, 0.4) is 0 Å². The number of benzene rings is 3. The lowest BCUT2D eigenvalue weighted by molar-refractivity contribution is 0.100. The average Bonchev–Trinajstić information content (AvgIpc) is 2.70. The number of primary amides is 1. The highest BCUT2D eigenvalue weighted by Crippen LogP contribution is 2.31. The summed E-state index contributed by atoms with van der Waals surface area (Å²) in [5.74, 6) is 0.257. The lowest BCUT2D eigenvalue weighted by atomic mass is 10.0. The molecule has 27 heavy (non-hydrogen) atoms. The number of nitrogens with one attached hydrogen (secondary N) is 1. The molecule has 3 N–H and O–H groups in total. The van der Waals surface area contributed by atoms with Crippen molar-refractivity contribution in [1.29, 1.82) is 0 Å². The summed E-state index contributed by atoms with van der Waals surface area (Å²) in [6, 6.07) is 23.1. The number of nitrogens with two attached hydrogens (primary N) is 1. The van der Waals surface area contributed by atoms with Crippen LogP contribution in [0.2, 0.25) is 0 Å². The number of fused-ring (bicyclic) bond motifs is 1. The number of para-hydroxylation sites is 1. The molecule has 0 aliphatic carbocycles. The van der Waals surface area contributed by atoms with E-state index in [1.54, 1.807) is 12.1 Å². The number of anilines is 2. The minimum atomic E-state index is -0.449. The molecule has 0 saturated carbocycles. The Morgan fingerprint density at radius 2 is 1.52 bits per heavy atom. The Morgan fingerprint density at radius 1 is 0.852 bits per heavy atom. The first-order valence-electron chi connectivity index (χ1n) is 8.62. The summed E-state index contributed by atoms with van der Waals surface area (Å²) >= 11 is 0. The third-order valence-electron chi connectivity index (χ3n) is 4.53. The van der Waals surface area contributed by atoms with Gasteiger partial charge in [-0.15, -0.1) is 10.2 Å². The topological polar surface area (TPSA) is 80.9 Å². The van der Waals surface area contributed by atoms with Crippen molar-refractivity contribution in [3.8, 4) is 11.3 Å². The number of hydrogen-bond acceptors (Lipinski definition) is 4. The van der Waals surface area contributed by atoms with Crippen LogP contribution in [0.5, 0.6) is 0 Å². The molecule has 5 heteroatoms. The zero-order chi connectivity index (χ0) is 18.8. The number of hydrogen-bond donors (Lipinski definition) is 2. The largest absolute Gasteiger partial charge is 0.366 e. The number of aromatic nitrogens is 2. The van der Waals surface area contributed by atoms with Crippen LogP contribution in [0, 0.1) is 6.92 Å². The molecule has 4 rings (SSSR count). The lowest BCUT2D eigenvalue weighted by Crippen LogP contribution is -2.10. The molecule has 1 aromatic heterocycles. The Hall–Kier alpha value is -3.73. The molecule has 1 amide bonds. The maximum absolute atomic E-state index is 11.3. The Balaban J connectivity index is 1.81. The molecule has 0 saturated heterocycles. The predicted molar refractivity (Wildman–Crippen MR) is 108 cm³/mol. The highest BCUT2D eigenvalue weighted by atomic mass is 16.1. The van der Waals surface area contributed by atoms with Crippen LogP contribution in [0.4, 0.5) is 11.5 Å². The second kappa shape index (κ2) is 6.88. The van der Waals surface area contributed by atoms with Crippen molar-refractivity contribution in [1.82, 2.24) is 10.2 Å². The van der Waals surface area contributed by atoms with Crippen LogP contribution >= 0.6 is 0 Å². The van der Waals surface area contributed by atoms with Crippen molar-refractivity contribution in [2.75, 3.05) is 5.32 Å². The van der Waals surface area contributed by atoms with Gasteiger partial charge in [0.1, 0.15) is 5.69 Å². The van der Waals surface area contributed by atoms with Gasteiger partial charge < -0.3 is 11.1 Å². The molecule has 0 radical (unpaired) electrons. The van der Waals surface area contributed by atoms with Crippen molar-refractivity contribution in [2.45, 2.75) is 6.92 Å². The van der Waals surface area contributed by atoms with Crippen molar-refractivity contribution in [3.05, 3.63) is 83.9 Å². The minimum Gasteiger partial charge on any atom is -0.366 e. The molecule has 0 spiro atoms. The van der Waals surface area contributed by atoms with Gasteiger partial charge in [0.25, 0.3) is 0 Å². The Labute approximate surface area is 156 Å². The van der Waals surface area contributed by atoms with E-state index in [0.29, 0.717) is 11.4 Å². The summed E-state index contributed by atoms with van der Waals surface area (Å²) in [6.45, 7) is 2.05. The summed E-state index contributed by atoms with van der Waals surface area (Å²) in [5.41, 5.74) is 9.56. The van der Waals surface area contributed by atoms with Gasteiger partial charge in [0.2, 0.25) is 5.91 Å². The molecule has 132 valence electrons. The molecular formula is C22H18N4O. The standard InChI is InChI=1S/C22H18N4O/c1-14-6-2-5-9-19(14)24-22-18-8-4-3-7-17(18)20(25-26-22)15-10-12-16(13-11-15)21(23)27/h2-13H,1H3,(H2,23,27)(H,24,26). The highest BCUT2D eigenvalue weighted by Gasteiger charge is 2.12. The van der Waals surface area contributed by atoms with Gasteiger partial charge in [-0.1, -0.05) is 54.6 Å². The Bertz CT molecular complexity index is 1140. The minimum absolute atomic E-state index is 0.449. The first kappa shape index (κ1) is 16.7. The quantitative estimate of drug-likeness (QED) is 0.567. The highest BCUT2D eigenvalue weighted by molar-refractivity contribution is 6.01. The Morgan fingerprint density at radius 3 is 2.22 bits per heavy atom. The van der Waals surface area contributed by atoms with E-state index in [2.05, 4.69) is 15.5 Å². The molecule has 5 nitrogen and oxygen atoms in total.